The van der Waals surface area contributed by atoms with E-state index in [1.54, 1.807) is 17.8 Å². The molecule has 0 amide bonds. The molecule has 2 N–H and O–H groups in total. The van der Waals surface area contributed by atoms with Gasteiger partial charge in [0.15, 0.2) is 0 Å². The van der Waals surface area contributed by atoms with Crippen molar-refractivity contribution in [3.8, 4) is 0 Å². The second-order valence-corrected chi connectivity index (χ2v) is 4.09. The first-order valence-corrected chi connectivity index (χ1v) is 4.91. The number of hydrogen-bond donors (Lipinski definition) is 1. The average Bonchev–Trinajstić information content (AvgIpc) is 2.03. The molecule has 1 aromatic rings. The van der Waals surface area contributed by atoms with Gasteiger partial charge in [0.05, 0.1) is 0 Å². The topological polar surface area (TPSA) is 26.0 Å². The molecule has 1 heterocycles. The maximum atomic E-state index is 12.8. The van der Waals surface area contributed by atoms with E-state index in [0.29, 0.717) is 0 Å². The van der Waals surface area contributed by atoms with Crippen molar-refractivity contribution in [2.75, 3.05) is 5.75 Å². The SMILES string of the molecule is N[C@@H]1CSc2ccc(F)cc2C1. The van der Waals surface area contributed by atoms with E-state index in [0.717, 1.165) is 17.7 Å². The van der Waals surface area contributed by atoms with Crippen LogP contribution < -0.4 is 5.73 Å². The molecule has 0 saturated carbocycles. The summed E-state index contributed by atoms with van der Waals surface area (Å²) in [5.41, 5.74) is 6.81. The summed E-state index contributed by atoms with van der Waals surface area (Å²) in [6, 6.07) is 5.11. The van der Waals surface area contributed by atoms with E-state index in [1.165, 1.54) is 11.0 Å². The quantitative estimate of drug-likeness (QED) is 0.663. The molecule has 1 aliphatic rings. The fourth-order valence-electron chi connectivity index (χ4n) is 1.39. The summed E-state index contributed by atoms with van der Waals surface area (Å²) >= 11 is 1.71. The lowest BCUT2D eigenvalue weighted by Gasteiger charge is -2.20. The van der Waals surface area contributed by atoms with E-state index >= 15 is 0 Å². The normalized spacial score (nSPS) is 22.0. The van der Waals surface area contributed by atoms with E-state index in [-0.39, 0.29) is 11.9 Å². The Hall–Kier alpha value is -0.540. The lowest BCUT2D eigenvalue weighted by Crippen LogP contribution is -2.28. The minimum Gasteiger partial charge on any atom is -0.327 e. The first kappa shape index (κ1) is 8.08. The molecular formula is C9H10FNS. The fourth-order valence-corrected chi connectivity index (χ4v) is 2.39. The van der Waals surface area contributed by atoms with Gasteiger partial charge in [0, 0.05) is 16.7 Å². The van der Waals surface area contributed by atoms with Crippen LogP contribution in [0.25, 0.3) is 0 Å². The van der Waals surface area contributed by atoms with Gasteiger partial charge in [-0.05, 0) is 30.2 Å². The van der Waals surface area contributed by atoms with Gasteiger partial charge in [-0.3, -0.25) is 0 Å². The van der Waals surface area contributed by atoms with Gasteiger partial charge >= 0.3 is 0 Å². The lowest BCUT2D eigenvalue weighted by molar-refractivity contribution is 0.619. The number of hydrogen-bond acceptors (Lipinski definition) is 2. The molecule has 0 aliphatic carbocycles. The zero-order valence-corrected chi connectivity index (χ0v) is 7.40. The Morgan fingerprint density at radius 3 is 3.17 bits per heavy atom. The third-order valence-corrected chi connectivity index (χ3v) is 3.26. The fraction of sp³-hybridized carbons (Fsp3) is 0.333. The second kappa shape index (κ2) is 3.07. The van der Waals surface area contributed by atoms with Gasteiger partial charge in [0.25, 0.3) is 0 Å². The summed E-state index contributed by atoms with van der Waals surface area (Å²) < 4.78 is 12.8. The molecule has 0 fully saturated rings. The Labute approximate surface area is 75.1 Å². The monoisotopic (exact) mass is 183 g/mol. The number of rotatable bonds is 0. The van der Waals surface area contributed by atoms with Crippen molar-refractivity contribution in [1.29, 1.82) is 0 Å². The van der Waals surface area contributed by atoms with Crippen LogP contribution in [0.2, 0.25) is 0 Å². The number of nitrogens with two attached hydrogens (primary N) is 1. The van der Waals surface area contributed by atoms with Gasteiger partial charge in [-0.25, -0.2) is 4.39 Å². The molecule has 1 atom stereocenters. The molecule has 0 bridgehead atoms. The largest absolute Gasteiger partial charge is 0.327 e. The predicted octanol–water partition coefficient (Wildman–Crippen LogP) is 1.80. The van der Waals surface area contributed by atoms with Crippen molar-refractivity contribution >= 4 is 11.8 Å². The van der Waals surface area contributed by atoms with Gasteiger partial charge < -0.3 is 5.73 Å². The molecule has 1 aromatic carbocycles. The standard InChI is InChI=1S/C9H10FNS/c10-7-1-2-9-6(3-7)4-8(11)5-12-9/h1-3,8H,4-5,11H2/t8-/m0/s1. The molecule has 64 valence electrons. The van der Waals surface area contributed by atoms with Crippen LogP contribution in [0, 0.1) is 5.82 Å². The van der Waals surface area contributed by atoms with E-state index in [1.807, 2.05) is 6.07 Å². The highest BCUT2D eigenvalue weighted by Crippen LogP contribution is 2.29. The van der Waals surface area contributed by atoms with Gasteiger partial charge in [-0.2, -0.15) is 0 Å². The maximum absolute atomic E-state index is 12.8. The van der Waals surface area contributed by atoms with E-state index in [2.05, 4.69) is 0 Å². The summed E-state index contributed by atoms with van der Waals surface area (Å²) in [6.07, 6.45) is 0.806. The smallest absolute Gasteiger partial charge is 0.123 e. The van der Waals surface area contributed by atoms with Crippen LogP contribution in [0.15, 0.2) is 23.1 Å². The Kier molecular flexibility index (Phi) is 2.07. The molecule has 0 saturated heterocycles. The van der Waals surface area contributed by atoms with Crippen LogP contribution in [-0.4, -0.2) is 11.8 Å². The Morgan fingerprint density at radius 2 is 2.33 bits per heavy atom. The maximum Gasteiger partial charge on any atom is 0.123 e. The third-order valence-electron chi connectivity index (χ3n) is 1.96. The van der Waals surface area contributed by atoms with E-state index in [9.17, 15) is 4.39 Å². The summed E-state index contributed by atoms with van der Waals surface area (Å²) in [4.78, 5) is 1.18. The molecule has 1 aliphatic heterocycles. The van der Waals surface area contributed by atoms with E-state index < -0.39 is 0 Å². The molecule has 2 rings (SSSR count). The highest BCUT2D eigenvalue weighted by Gasteiger charge is 2.15. The third kappa shape index (κ3) is 1.47. The summed E-state index contributed by atoms with van der Waals surface area (Å²) in [7, 11) is 0. The minimum atomic E-state index is -0.163. The zero-order valence-electron chi connectivity index (χ0n) is 6.59. The molecule has 0 spiro atoms. The van der Waals surface area contributed by atoms with Gasteiger partial charge in [-0.1, -0.05) is 0 Å². The van der Waals surface area contributed by atoms with Crippen molar-refractivity contribution in [3.63, 3.8) is 0 Å². The molecule has 12 heavy (non-hydrogen) atoms. The molecular weight excluding hydrogens is 173 g/mol. The Morgan fingerprint density at radius 1 is 1.50 bits per heavy atom. The van der Waals surface area contributed by atoms with Crippen LogP contribution in [0.3, 0.4) is 0 Å². The number of fused-ring (bicyclic) bond motifs is 1. The van der Waals surface area contributed by atoms with Crippen LogP contribution in [0.1, 0.15) is 5.56 Å². The zero-order chi connectivity index (χ0) is 8.55. The van der Waals surface area contributed by atoms with Crippen LogP contribution >= 0.6 is 11.8 Å². The van der Waals surface area contributed by atoms with E-state index in [4.69, 9.17) is 5.73 Å². The minimum absolute atomic E-state index is 0.163. The van der Waals surface area contributed by atoms with Crippen molar-refractivity contribution in [3.05, 3.63) is 29.6 Å². The van der Waals surface area contributed by atoms with Gasteiger partial charge in [0.1, 0.15) is 5.82 Å². The van der Waals surface area contributed by atoms with Crippen molar-refractivity contribution in [1.82, 2.24) is 0 Å². The highest BCUT2D eigenvalue weighted by atomic mass is 32.2. The van der Waals surface area contributed by atoms with Crippen LogP contribution in [0.4, 0.5) is 4.39 Å². The molecule has 3 heteroatoms. The van der Waals surface area contributed by atoms with Crippen molar-refractivity contribution < 1.29 is 4.39 Å². The van der Waals surface area contributed by atoms with Crippen molar-refractivity contribution in [2.24, 2.45) is 5.73 Å². The summed E-state index contributed by atoms with van der Waals surface area (Å²) in [5.74, 6) is 0.780. The number of benzene rings is 1. The second-order valence-electron chi connectivity index (χ2n) is 3.03. The summed E-state index contributed by atoms with van der Waals surface area (Å²) in [5, 5.41) is 0. The molecule has 0 aromatic heterocycles. The molecule has 1 nitrogen and oxygen atoms in total. The highest BCUT2D eigenvalue weighted by molar-refractivity contribution is 7.99. The van der Waals surface area contributed by atoms with Crippen molar-refractivity contribution in [2.45, 2.75) is 17.4 Å². The average molecular weight is 183 g/mol. The first-order valence-electron chi connectivity index (χ1n) is 3.92. The Bertz CT molecular complexity index is 301. The van der Waals surface area contributed by atoms with Gasteiger partial charge in [-0.15, -0.1) is 11.8 Å². The van der Waals surface area contributed by atoms with Crippen LogP contribution in [-0.2, 0) is 6.42 Å². The summed E-state index contributed by atoms with van der Waals surface area (Å²) in [6.45, 7) is 0. The van der Waals surface area contributed by atoms with Gasteiger partial charge in [0.2, 0.25) is 0 Å². The predicted molar refractivity (Wildman–Crippen MR) is 48.8 cm³/mol. The number of thioether (sulfide) groups is 1. The molecule has 0 unspecified atom stereocenters. The molecule has 0 radical (unpaired) electrons. The number of halogens is 1. The first-order chi connectivity index (χ1) is 5.75. The van der Waals surface area contributed by atoms with Crippen LogP contribution in [0.5, 0.6) is 0 Å². The lowest BCUT2D eigenvalue weighted by atomic mass is 10.1. The Balaban J connectivity index is 2.37.